The second kappa shape index (κ2) is 6.56. The molecule has 1 aromatic carbocycles. The minimum Gasteiger partial charge on any atom is -0.395 e. The highest BCUT2D eigenvalue weighted by atomic mass is 79.9. The summed E-state index contributed by atoms with van der Waals surface area (Å²) in [6.45, 7) is 1.81. The van der Waals surface area contributed by atoms with Gasteiger partial charge in [-0.2, -0.15) is 4.31 Å². The molecule has 0 amide bonds. The van der Waals surface area contributed by atoms with Gasteiger partial charge in [-0.05, 0) is 37.5 Å². The topological polar surface area (TPSA) is 57.6 Å². The van der Waals surface area contributed by atoms with Gasteiger partial charge in [0, 0.05) is 17.1 Å². The van der Waals surface area contributed by atoms with Crippen molar-refractivity contribution in [3.05, 3.63) is 28.2 Å². The molecule has 2 rings (SSSR count). The first-order chi connectivity index (χ1) is 9.46. The highest BCUT2D eigenvalue weighted by Crippen LogP contribution is 2.30. The molecule has 6 heteroatoms. The fraction of sp³-hybridized carbons (Fsp3) is 0.571. The van der Waals surface area contributed by atoms with Gasteiger partial charge < -0.3 is 5.11 Å². The monoisotopic (exact) mass is 361 g/mol. The first-order valence-electron chi connectivity index (χ1n) is 6.85. The van der Waals surface area contributed by atoms with Gasteiger partial charge in [0.05, 0.1) is 11.5 Å². The van der Waals surface area contributed by atoms with Crippen LogP contribution in [0.1, 0.15) is 31.2 Å². The number of sulfonamides is 1. The third kappa shape index (κ3) is 3.24. The van der Waals surface area contributed by atoms with Crippen molar-refractivity contribution in [2.75, 3.05) is 13.2 Å². The summed E-state index contributed by atoms with van der Waals surface area (Å²) in [5, 5.41) is 9.22. The van der Waals surface area contributed by atoms with E-state index in [9.17, 15) is 13.5 Å². The van der Waals surface area contributed by atoms with Gasteiger partial charge in [0.15, 0.2) is 0 Å². The third-order valence-corrected chi connectivity index (χ3v) is 6.38. The number of aryl methyl sites for hydroxylation is 1. The maximum absolute atomic E-state index is 12.9. The van der Waals surface area contributed by atoms with Crippen LogP contribution in [-0.4, -0.2) is 37.0 Å². The molecular weight excluding hydrogens is 342 g/mol. The van der Waals surface area contributed by atoms with E-state index < -0.39 is 10.0 Å². The normalized spacial score (nSPS) is 17.0. The van der Waals surface area contributed by atoms with E-state index in [4.69, 9.17) is 0 Å². The van der Waals surface area contributed by atoms with Gasteiger partial charge in [0.2, 0.25) is 10.0 Å². The van der Waals surface area contributed by atoms with Crippen LogP contribution < -0.4 is 0 Å². The lowest BCUT2D eigenvalue weighted by Gasteiger charge is -2.28. The van der Waals surface area contributed by atoms with Gasteiger partial charge >= 0.3 is 0 Å². The molecule has 1 aliphatic carbocycles. The highest BCUT2D eigenvalue weighted by molar-refractivity contribution is 9.10. The summed E-state index contributed by atoms with van der Waals surface area (Å²) in [7, 11) is -3.56. The largest absolute Gasteiger partial charge is 0.395 e. The van der Waals surface area contributed by atoms with Crippen molar-refractivity contribution in [2.24, 2.45) is 0 Å². The van der Waals surface area contributed by atoms with Crippen molar-refractivity contribution >= 4 is 26.0 Å². The molecule has 0 saturated heterocycles. The molecule has 1 saturated carbocycles. The Bertz CT molecular complexity index is 568. The highest BCUT2D eigenvalue weighted by Gasteiger charge is 2.33. The molecule has 0 spiro atoms. The van der Waals surface area contributed by atoms with Crippen molar-refractivity contribution in [3.63, 3.8) is 0 Å². The van der Waals surface area contributed by atoms with Crippen molar-refractivity contribution < 1.29 is 13.5 Å². The predicted octanol–water partition coefficient (Wildman–Crippen LogP) is 2.68. The number of nitrogens with zero attached hydrogens (tertiary/aromatic N) is 1. The second-order valence-electron chi connectivity index (χ2n) is 5.19. The van der Waals surface area contributed by atoms with E-state index >= 15 is 0 Å². The molecular formula is C14H20BrNO3S. The molecule has 1 aliphatic rings. The van der Waals surface area contributed by atoms with Crippen LogP contribution in [0.25, 0.3) is 0 Å². The Hall–Kier alpha value is -0.430. The van der Waals surface area contributed by atoms with E-state index in [0.29, 0.717) is 4.90 Å². The Labute approximate surface area is 129 Å². The predicted molar refractivity (Wildman–Crippen MR) is 82.1 cm³/mol. The molecule has 1 fully saturated rings. The number of rotatable bonds is 5. The van der Waals surface area contributed by atoms with E-state index in [1.165, 1.54) is 4.31 Å². The van der Waals surface area contributed by atoms with E-state index in [2.05, 4.69) is 15.9 Å². The van der Waals surface area contributed by atoms with E-state index in [1.807, 2.05) is 6.07 Å². The lowest BCUT2D eigenvalue weighted by Crippen LogP contribution is -2.40. The van der Waals surface area contributed by atoms with Crippen LogP contribution in [0.3, 0.4) is 0 Å². The summed E-state index contributed by atoms with van der Waals surface area (Å²) < 4.78 is 28.0. The number of aliphatic hydroxyl groups excluding tert-OH is 1. The van der Waals surface area contributed by atoms with E-state index in [1.54, 1.807) is 19.1 Å². The molecule has 1 aromatic rings. The summed E-state index contributed by atoms with van der Waals surface area (Å²) in [4.78, 5) is 0.326. The van der Waals surface area contributed by atoms with Crippen LogP contribution in [0.4, 0.5) is 0 Å². The first-order valence-corrected chi connectivity index (χ1v) is 9.09. The standard InChI is InChI=1S/C14H20BrNO3S/c1-11-6-7-12(15)10-14(11)20(18,19)16(8-9-17)13-4-2-3-5-13/h6-7,10,13,17H,2-5,8-9H2,1H3. The van der Waals surface area contributed by atoms with Crippen LogP contribution in [0, 0.1) is 6.92 Å². The van der Waals surface area contributed by atoms with Crippen molar-refractivity contribution in [2.45, 2.75) is 43.5 Å². The number of benzene rings is 1. The molecule has 1 N–H and O–H groups in total. The Morgan fingerprint density at radius 1 is 1.35 bits per heavy atom. The number of halogens is 1. The first kappa shape index (κ1) is 15.9. The average Bonchev–Trinajstić information content (AvgIpc) is 2.92. The SMILES string of the molecule is Cc1ccc(Br)cc1S(=O)(=O)N(CCO)C1CCCC1. The quantitative estimate of drug-likeness (QED) is 0.876. The Balaban J connectivity index is 2.41. The van der Waals surface area contributed by atoms with Gasteiger partial charge in [-0.3, -0.25) is 0 Å². The molecule has 0 unspecified atom stereocenters. The summed E-state index contributed by atoms with van der Waals surface area (Å²) in [6, 6.07) is 5.29. The smallest absolute Gasteiger partial charge is 0.243 e. The Morgan fingerprint density at radius 2 is 2.00 bits per heavy atom. The molecule has 0 bridgehead atoms. The number of aliphatic hydroxyl groups is 1. The van der Waals surface area contributed by atoms with Crippen LogP contribution >= 0.6 is 15.9 Å². The molecule has 112 valence electrons. The zero-order chi connectivity index (χ0) is 14.8. The van der Waals surface area contributed by atoms with Gasteiger partial charge in [-0.25, -0.2) is 8.42 Å². The lowest BCUT2D eigenvalue weighted by atomic mass is 10.2. The minimum absolute atomic E-state index is 0.0190. The third-order valence-electron chi connectivity index (χ3n) is 3.79. The van der Waals surface area contributed by atoms with Gasteiger partial charge in [0.1, 0.15) is 0 Å². The van der Waals surface area contributed by atoms with Crippen LogP contribution in [0.5, 0.6) is 0 Å². The lowest BCUT2D eigenvalue weighted by molar-refractivity contribution is 0.226. The van der Waals surface area contributed by atoms with Crippen LogP contribution in [0.2, 0.25) is 0 Å². The van der Waals surface area contributed by atoms with Crippen LogP contribution in [-0.2, 0) is 10.0 Å². The van der Waals surface area contributed by atoms with Gasteiger partial charge in [-0.15, -0.1) is 0 Å². The fourth-order valence-electron chi connectivity index (χ4n) is 2.77. The van der Waals surface area contributed by atoms with Crippen LogP contribution in [0.15, 0.2) is 27.6 Å². The molecule has 0 aliphatic heterocycles. The zero-order valence-corrected chi connectivity index (χ0v) is 14.0. The van der Waals surface area contributed by atoms with Crippen molar-refractivity contribution in [3.8, 4) is 0 Å². The summed E-state index contributed by atoms with van der Waals surface area (Å²) in [6.07, 6.45) is 3.87. The summed E-state index contributed by atoms with van der Waals surface area (Å²) in [5.74, 6) is 0. The average molecular weight is 362 g/mol. The maximum Gasteiger partial charge on any atom is 0.243 e. The number of hydrogen-bond acceptors (Lipinski definition) is 3. The molecule has 0 radical (unpaired) electrons. The molecule has 0 aromatic heterocycles. The van der Waals surface area contributed by atoms with Crippen molar-refractivity contribution in [1.82, 2.24) is 4.31 Å². The Morgan fingerprint density at radius 3 is 2.60 bits per heavy atom. The summed E-state index contributed by atoms with van der Waals surface area (Å²) >= 11 is 3.33. The van der Waals surface area contributed by atoms with Gasteiger partial charge in [0.25, 0.3) is 0 Å². The van der Waals surface area contributed by atoms with Gasteiger partial charge in [-0.1, -0.05) is 34.8 Å². The van der Waals surface area contributed by atoms with E-state index in [-0.39, 0.29) is 19.2 Å². The second-order valence-corrected chi connectivity index (χ2v) is 7.96. The molecule has 0 atom stereocenters. The Kier molecular flexibility index (Phi) is 5.23. The van der Waals surface area contributed by atoms with E-state index in [0.717, 1.165) is 35.7 Å². The molecule has 0 heterocycles. The zero-order valence-electron chi connectivity index (χ0n) is 11.5. The summed E-state index contributed by atoms with van der Waals surface area (Å²) in [5.41, 5.74) is 0.731. The fourth-order valence-corrected chi connectivity index (χ4v) is 5.21. The van der Waals surface area contributed by atoms with Crippen molar-refractivity contribution in [1.29, 1.82) is 0 Å². The minimum atomic E-state index is -3.56. The molecule has 20 heavy (non-hydrogen) atoms. The maximum atomic E-state index is 12.9. The number of hydrogen-bond donors (Lipinski definition) is 1. The molecule has 4 nitrogen and oxygen atoms in total.